The first-order valence-electron chi connectivity index (χ1n) is 6.80. The van der Waals surface area contributed by atoms with E-state index in [-0.39, 0.29) is 5.91 Å². The minimum Gasteiger partial charge on any atom is -0.360 e. The van der Waals surface area contributed by atoms with Crippen molar-refractivity contribution in [3.8, 4) is 0 Å². The van der Waals surface area contributed by atoms with Gasteiger partial charge in [0.05, 0.1) is 5.56 Å². The topological polar surface area (TPSA) is 48.1 Å². The fourth-order valence-electron chi connectivity index (χ4n) is 2.40. The van der Waals surface area contributed by atoms with E-state index in [4.69, 9.17) is 0 Å². The molecule has 4 heteroatoms. The number of amides is 1. The first-order valence-corrected chi connectivity index (χ1v) is 6.80. The molecule has 2 N–H and O–H groups in total. The van der Waals surface area contributed by atoms with E-state index in [2.05, 4.69) is 22.2 Å². The summed E-state index contributed by atoms with van der Waals surface area (Å²) in [6, 6.07) is 8.60. The van der Waals surface area contributed by atoms with Gasteiger partial charge in [-0.2, -0.15) is 0 Å². The maximum absolute atomic E-state index is 12.1. The van der Waals surface area contributed by atoms with Crippen molar-refractivity contribution in [2.45, 2.75) is 18.9 Å². The Hall–Kier alpha value is -1.81. The summed E-state index contributed by atoms with van der Waals surface area (Å²) in [5, 5.41) is 3.97. The molecule has 0 atom stereocenters. The van der Waals surface area contributed by atoms with Crippen molar-refractivity contribution < 1.29 is 4.79 Å². The van der Waals surface area contributed by atoms with Gasteiger partial charge in [-0.05, 0) is 26.0 Å². The molecule has 19 heavy (non-hydrogen) atoms. The summed E-state index contributed by atoms with van der Waals surface area (Å²) in [7, 11) is 2.12. The van der Waals surface area contributed by atoms with Crippen LogP contribution in [0.3, 0.4) is 0 Å². The number of nitrogens with zero attached hydrogens (tertiary/aromatic N) is 1. The second-order valence-electron chi connectivity index (χ2n) is 5.22. The van der Waals surface area contributed by atoms with Crippen LogP contribution in [-0.2, 0) is 0 Å². The largest absolute Gasteiger partial charge is 0.360 e. The molecule has 0 saturated heterocycles. The number of nitrogens with one attached hydrogen (secondary N) is 2. The fraction of sp³-hybridized carbons (Fsp3) is 0.400. The Labute approximate surface area is 112 Å². The molecule has 0 spiro atoms. The molecular formula is C15H19N3O. The molecule has 1 aliphatic carbocycles. The Kier molecular flexibility index (Phi) is 3.25. The number of benzene rings is 1. The highest BCUT2D eigenvalue weighted by atomic mass is 16.1. The molecule has 1 saturated carbocycles. The van der Waals surface area contributed by atoms with Crippen LogP contribution in [0.1, 0.15) is 23.2 Å². The van der Waals surface area contributed by atoms with E-state index < -0.39 is 0 Å². The molecule has 0 unspecified atom stereocenters. The minimum absolute atomic E-state index is 0.00152. The van der Waals surface area contributed by atoms with Gasteiger partial charge in [-0.3, -0.25) is 4.79 Å². The lowest BCUT2D eigenvalue weighted by atomic mass is 10.1. The zero-order chi connectivity index (χ0) is 13.2. The normalized spacial score (nSPS) is 15.1. The Balaban J connectivity index is 1.60. The third-order valence-electron chi connectivity index (χ3n) is 3.75. The number of aromatic amines is 1. The molecule has 1 fully saturated rings. The highest BCUT2D eigenvalue weighted by molar-refractivity contribution is 6.06. The lowest BCUT2D eigenvalue weighted by Gasteiger charge is -2.15. The predicted octanol–water partition coefficient (Wildman–Crippen LogP) is 1.99. The van der Waals surface area contributed by atoms with E-state index in [1.165, 1.54) is 12.8 Å². The summed E-state index contributed by atoms with van der Waals surface area (Å²) in [6.45, 7) is 1.62. The van der Waals surface area contributed by atoms with Crippen molar-refractivity contribution in [2.75, 3.05) is 20.1 Å². The molecule has 1 aromatic heterocycles. The summed E-state index contributed by atoms with van der Waals surface area (Å²) in [5.74, 6) is 0.00152. The van der Waals surface area contributed by atoms with Crippen molar-refractivity contribution in [2.24, 2.45) is 0 Å². The van der Waals surface area contributed by atoms with E-state index >= 15 is 0 Å². The number of para-hydroxylation sites is 1. The highest BCUT2D eigenvalue weighted by Crippen LogP contribution is 2.24. The number of hydrogen-bond acceptors (Lipinski definition) is 2. The third-order valence-corrected chi connectivity index (χ3v) is 3.75. The number of carbonyl (C=O) groups excluding carboxylic acids is 1. The standard InChI is InChI=1S/C15H19N3O/c1-18(11-6-7-11)9-8-16-15(19)13-10-17-14-5-3-2-4-12(13)14/h2-5,10-11,17H,6-9H2,1H3,(H,16,19). The second-order valence-corrected chi connectivity index (χ2v) is 5.22. The van der Waals surface area contributed by atoms with Gasteiger partial charge in [0.2, 0.25) is 0 Å². The molecule has 0 radical (unpaired) electrons. The van der Waals surface area contributed by atoms with E-state index in [9.17, 15) is 4.79 Å². The molecule has 0 bridgehead atoms. The maximum Gasteiger partial charge on any atom is 0.253 e. The first-order chi connectivity index (χ1) is 9.25. The van der Waals surface area contributed by atoms with Crippen LogP contribution in [0.2, 0.25) is 0 Å². The molecular weight excluding hydrogens is 238 g/mol. The molecule has 1 amide bonds. The maximum atomic E-state index is 12.1. The average molecular weight is 257 g/mol. The van der Waals surface area contributed by atoms with Gasteiger partial charge in [0.25, 0.3) is 5.91 Å². The van der Waals surface area contributed by atoms with Gasteiger partial charge in [0.1, 0.15) is 0 Å². The van der Waals surface area contributed by atoms with Crippen LogP contribution in [0.5, 0.6) is 0 Å². The number of fused-ring (bicyclic) bond motifs is 1. The van der Waals surface area contributed by atoms with Crippen LogP contribution in [0.25, 0.3) is 10.9 Å². The highest BCUT2D eigenvalue weighted by Gasteiger charge is 2.25. The number of likely N-dealkylation sites (N-methyl/N-ethyl adjacent to an activating group) is 1. The number of aromatic nitrogens is 1. The van der Waals surface area contributed by atoms with Crippen molar-refractivity contribution in [3.63, 3.8) is 0 Å². The fourth-order valence-corrected chi connectivity index (χ4v) is 2.40. The lowest BCUT2D eigenvalue weighted by Crippen LogP contribution is -2.33. The van der Waals surface area contributed by atoms with E-state index in [1.807, 2.05) is 24.3 Å². The van der Waals surface area contributed by atoms with Gasteiger partial charge in [0, 0.05) is 36.2 Å². The van der Waals surface area contributed by atoms with E-state index in [0.717, 1.165) is 29.1 Å². The molecule has 2 aromatic rings. The van der Waals surface area contributed by atoms with Gasteiger partial charge >= 0.3 is 0 Å². The minimum atomic E-state index is 0.00152. The molecule has 1 aliphatic rings. The quantitative estimate of drug-likeness (QED) is 0.860. The van der Waals surface area contributed by atoms with Gasteiger partial charge in [-0.25, -0.2) is 0 Å². The van der Waals surface area contributed by atoms with Crippen LogP contribution in [-0.4, -0.2) is 42.0 Å². The first kappa shape index (κ1) is 12.2. The van der Waals surface area contributed by atoms with Crippen molar-refractivity contribution in [3.05, 3.63) is 36.0 Å². The molecule has 4 nitrogen and oxygen atoms in total. The summed E-state index contributed by atoms with van der Waals surface area (Å²) >= 11 is 0. The van der Waals surface area contributed by atoms with Crippen LogP contribution < -0.4 is 5.32 Å². The van der Waals surface area contributed by atoms with Gasteiger partial charge in [-0.1, -0.05) is 18.2 Å². The zero-order valence-electron chi connectivity index (χ0n) is 11.1. The molecule has 3 rings (SSSR count). The van der Waals surface area contributed by atoms with Crippen molar-refractivity contribution in [1.82, 2.24) is 15.2 Å². The van der Waals surface area contributed by atoms with Crippen molar-refractivity contribution >= 4 is 16.8 Å². The Morgan fingerprint density at radius 3 is 3.00 bits per heavy atom. The number of hydrogen-bond donors (Lipinski definition) is 2. The zero-order valence-corrected chi connectivity index (χ0v) is 11.1. The van der Waals surface area contributed by atoms with Crippen LogP contribution in [0, 0.1) is 0 Å². The number of carbonyl (C=O) groups is 1. The summed E-state index contributed by atoms with van der Waals surface area (Å²) in [4.78, 5) is 17.6. The van der Waals surface area contributed by atoms with Crippen molar-refractivity contribution in [1.29, 1.82) is 0 Å². The average Bonchev–Trinajstić information content (AvgIpc) is 3.18. The molecule has 0 aliphatic heterocycles. The SMILES string of the molecule is CN(CCNC(=O)c1c[nH]c2ccccc12)C1CC1. The molecule has 1 heterocycles. The summed E-state index contributed by atoms with van der Waals surface area (Å²) in [6.07, 6.45) is 4.38. The Morgan fingerprint density at radius 2 is 2.21 bits per heavy atom. The summed E-state index contributed by atoms with van der Waals surface area (Å²) in [5.41, 5.74) is 1.73. The number of H-pyrrole nitrogens is 1. The third kappa shape index (κ3) is 2.63. The van der Waals surface area contributed by atoms with Crippen LogP contribution in [0.15, 0.2) is 30.5 Å². The second kappa shape index (κ2) is 5.05. The van der Waals surface area contributed by atoms with Crippen LogP contribution in [0.4, 0.5) is 0 Å². The van der Waals surface area contributed by atoms with E-state index in [0.29, 0.717) is 6.54 Å². The predicted molar refractivity (Wildman–Crippen MR) is 76.3 cm³/mol. The molecule has 100 valence electrons. The number of rotatable bonds is 5. The molecule has 1 aromatic carbocycles. The van der Waals surface area contributed by atoms with Gasteiger partial charge in [0.15, 0.2) is 0 Å². The lowest BCUT2D eigenvalue weighted by molar-refractivity contribution is 0.0951. The smallest absolute Gasteiger partial charge is 0.253 e. The van der Waals surface area contributed by atoms with Gasteiger partial charge in [-0.15, -0.1) is 0 Å². The Morgan fingerprint density at radius 1 is 1.42 bits per heavy atom. The monoisotopic (exact) mass is 257 g/mol. The van der Waals surface area contributed by atoms with Gasteiger partial charge < -0.3 is 15.2 Å². The van der Waals surface area contributed by atoms with E-state index in [1.54, 1.807) is 6.20 Å². The van der Waals surface area contributed by atoms with Crippen LogP contribution >= 0.6 is 0 Å². The Bertz CT molecular complexity index is 586. The summed E-state index contributed by atoms with van der Waals surface area (Å²) < 4.78 is 0.